The third kappa shape index (κ3) is 5.15. The van der Waals surface area contributed by atoms with Gasteiger partial charge < -0.3 is 34.7 Å². The van der Waals surface area contributed by atoms with Gasteiger partial charge in [-0.3, -0.25) is 4.79 Å². The monoisotopic (exact) mass is 481 g/mol. The summed E-state index contributed by atoms with van der Waals surface area (Å²) in [6.45, 7) is 5.79. The number of hydrogen-bond donors (Lipinski definition) is 3. The number of hydrogen-bond acceptors (Lipinski definition) is 9. The molecule has 186 valence electrons. The third-order valence-corrected chi connectivity index (χ3v) is 6.51. The Hall–Kier alpha value is -3.44. The van der Waals surface area contributed by atoms with E-state index in [0.717, 1.165) is 37.1 Å². The molecule has 2 aromatic heterocycles. The molecule has 2 fully saturated rings. The number of aromatic amines is 1. The second-order valence-electron chi connectivity index (χ2n) is 8.77. The van der Waals surface area contributed by atoms with E-state index in [1.54, 1.807) is 13.4 Å². The van der Waals surface area contributed by atoms with Gasteiger partial charge in [-0.1, -0.05) is 6.07 Å². The fraction of sp³-hybridized carbons (Fsp3) is 0.500. The van der Waals surface area contributed by atoms with Gasteiger partial charge in [0.2, 0.25) is 11.9 Å². The highest BCUT2D eigenvalue weighted by Crippen LogP contribution is 2.32. The predicted molar refractivity (Wildman–Crippen MR) is 131 cm³/mol. The zero-order chi connectivity index (χ0) is 24.2. The van der Waals surface area contributed by atoms with Gasteiger partial charge in [-0.15, -0.1) is 0 Å². The number of benzene rings is 1. The van der Waals surface area contributed by atoms with Crippen molar-refractivity contribution in [2.75, 3.05) is 57.3 Å². The lowest BCUT2D eigenvalue weighted by atomic mass is 9.98. The Morgan fingerprint density at radius 2 is 1.94 bits per heavy atom. The number of nitrogens with one attached hydrogen (secondary N) is 3. The van der Waals surface area contributed by atoms with Crippen LogP contribution in [0.25, 0.3) is 11.2 Å². The molecule has 0 bridgehead atoms. The van der Waals surface area contributed by atoms with Crippen molar-refractivity contribution in [1.29, 1.82) is 0 Å². The number of nitrogens with zero attached hydrogens (tertiary/aromatic N) is 4. The Morgan fingerprint density at radius 1 is 1.17 bits per heavy atom. The molecule has 2 aliphatic heterocycles. The van der Waals surface area contributed by atoms with Crippen molar-refractivity contribution in [1.82, 2.24) is 24.8 Å². The summed E-state index contributed by atoms with van der Waals surface area (Å²) in [5.74, 6) is 1.51. The van der Waals surface area contributed by atoms with Gasteiger partial charge in [-0.25, -0.2) is 4.98 Å². The van der Waals surface area contributed by atoms with Crippen LogP contribution in [0.4, 0.5) is 17.5 Å². The molecule has 2 aliphatic rings. The molecule has 11 nitrogen and oxygen atoms in total. The van der Waals surface area contributed by atoms with E-state index in [4.69, 9.17) is 19.2 Å². The number of carbonyl (C=O) groups excluding carboxylic acids is 1. The minimum Gasteiger partial charge on any atom is -0.495 e. The predicted octanol–water partition coefficient (Wildman–Crippen LogP) is 2.66. The smallest absolute Gasteiger partial charge is 0.231 e. The van der Waals surface area contributed by atoms with Crippen LogP contribution in [0.2, 0.25) is 0 Å². The van der Waals surface area contributed by atoms with Gasteiger partial charge in [0.15, 0.2) is 11.5 Å². The van der Waals surface area contributed by atoms with Gasteiger partial charge in [0.05, 0.1) is 38.3 Å². The fourth-order valence-corrected chi connectivity index (χ4v) is 4.43. The van der Waals surface area contributed by atoms with Gasteiger partial charge in [0, 0.05) is 32.3 Å². The first kappa shape index (κ1) is 23.3. The molecule has 0 radical (unpaired) electrons. The van der Waals surface area contributed by atoms with Crippen molar-refractivity contribution in [3.05, 3.63) is 30.1 Å². The van der Waals surface area contributed by atoms with E-state index in [1.807, 2.05) is 30.0 Å². The molecule has 1 aromatic carbocycles. The summed E-state index contributed by atoms with van der Waals surface area (Å²) in [5.41, 5.74) is 2.92. The summed E-state index contributed by atoms with van der Waals surface area (Å²) in [4.78, 5) is 31.5. The summed E-state index contributed by atoms with van der Waals surface area (Å²) >= 11 is 0. The summed E-state index contributed by atoms with van der Waals surface area (Å²) in [6.07, 6.45) is 3.44. The number of carbonyl (C=O) groups is 1. The number of morpholine rings is 1. The Bertz CT molecular complexity index is 1170. The van der Waals surface area contributed by atoms with Gasteiger partial charge in [-0.05, 0) is 37.5 Å². The maximum absolute atomic E-state index is 12.9. The molecule has 2 saturated heterocycles. The van der Waals surface area contributed by atoms with E-state index < -0.39 is 0 Å². The first-order chi connectivity index (χ1) is 17.1. The van der Waals surface area contributed by atoms with Crippen molar-refractivity contribution in [3.8, 4) is 5.75 Å². The molecule has 4 heterocycles. The normalized spacial score (nSPS) is 17.8. The Kier molecular flexibility index (Phi) is 6.96. The molecule has 0 spiro atoms. The number of H-pyrrole nitrogens is 1. The van der Waals surface area contributed by atoms with Crippen molar-refractivity contribution >= 4 is 34.5 Å². The molecular formula is C24H31N7O4. The molecule has 3 aromatic rings. The lowest BCUT2D eigenvalue weighted by molar-refractivity contribution is -0.136. The van der Waals surface area contributed by atoms with Crippen LogP contribution in [0.3, 0.4) is 0 Å². The highest BCUT2D eigenvalue weighted by molar-refractivity contribution is 5.85. The molecule has 0 saturated carbocycles. The van der Waals surface area contributed by atoms with E-state index in [9.17, 15) is 4.79 Å². The second kappa shape index (κ2) is 10.4. The van der Waals surface area contributed by atoms with Gasteiger partial charge in [0.25, 0.3) is 0 Å². The van der Waals surface area contributed by atoms with E-state index in [1.165, 1.54) is 0 Å². The largest absolute Gasteiger partial charge is 0.495 e. The molecule has 1 unspecified atom stereocenters. The molecule has 1 atom stereocenters. The molecule has 11 heteroatoms. The van der Waals surface area contributed by atoms with Crippen LogP contribution in [-0.2, 0) is 14.3 Å². The van der Waals surface area contributed by atoms with Gasteiger partial charge >= 0.3 is 0 Å². The summed E-state index contributed by atoms with van der Waals surface area (Å²) in [7, 11) is 1.61. The average Bonchev–Trinajstić information content (AvgIpc) is 3.38. The van der Waals surface area contributed by atoms with Crippen LogP contribution in [0, 0.1) is 0 Å². The topological polar surface area (TPSA) is 127 Å². The zero-order valence-corrected chi connectivity index (χ0v) is 20.0. The number of methoxy groups -OCH3 is 1. The molecule has 0 aliphatic carbocycles. The van der Waals surface area contributed by atoms with Crippen LogP contribution < -0.4 is 15.4 Å². The molecule has 3 N–H and O–H groups in total. The van der Waals surface area contributed by atoms with Crippen LogP contribution in [0.5, 0.6) is 5.75 Å². The lowest BCUT2D eigenvalue weighted by Gasteiger charge is -2.29. The minimum atomic E-state index is -0.289. The standard InChI is InChI=1S/C24H31N7O4/c1-15(23(32)31-7-11-35-12-8-31)16-3-4-18(19(13-16)33-2)28-24-29-21-20(25-14-26-21)22(30-24)27-17-5-9-34-10-6-17/h3-4,13-15,17H,5-12H2,1-2H3,(H3,25,26,27,28,29,30). The lowest BCUT2D eigenvalue weighted by Crippen LogP contribution is -2.42. The maximum atomic E-state index is 12.9. The quantitative estimate of drug-likeness (QED) is 0.467. The number of amides is 1. The van der Waals surface area contributed by atoms with E-state index in [2.05, 4.69) is 25.6 Å². The Labute approximate surface area is 203 Å². The van der Waals surface area contributed by atoms with E-state index in [-0.39, 0.29) is 17.9 Å². The van der Waals surface area contributed by atoms with Gasteiger partial charge in [-0.2, -0.15) is 9.97 Å². The first-order valence-electron chi connectivity index (χ1n) is 12.0. The van der Waals surface area contributed by atoms with E-state index in [0.29, 0.717) is 55.2 Å². The number of imidazole rings is 1. The van der Waals surface area contributed by atoms with Crippen LogP contribution in [0.15, 0.2) is 24.5 Å². The Balaban J connectivity index is 1.36. The molecule has 1 amide bonds. The average molecular weight is 482 g/mol. The SMILES string of the molecule is COc1cc(C(C)C(=O)N2CCOCC2)ccc1Nc1nc(NC2CCOCC2)c2[nH]cnc2n1. The molecule has 5 rings (SSSR count). The number of fused-ring (bicyclic) bond motifs is 1. The highest BCUT2D eigenvalue weighted by atomic mass is 16.5. The first-order valence-corrected chi connectivity index (χ1v) is 12.0. The van der Waals surface area contributed by atoms with E-state index >= 15 is 0 Å². The summed E-state index contributed by atoms with van der Waals surface area (Å²) in [5, 5.41) is 6.77. The Morgan fingerprint density at radius 3 is 2.71 bits per heavy atom. The second-order valence-corrected chi connectivity index (χ2v) is 8.77. The van der Waals surface area contributed by atoms with Crippen molar-refractivity contribution in [2.24, 2.45) is 0 Å². The zero-order valence-electron chi connectivity index (χ0n) is 20.0. The van der Waals surface area contributed by atoms with Crippen molar-refractivity contribution < 1.29 is 19.0 Å². The fourth-order valence-electron chi connectivity index (χ4n) is 4.43. The highest BCUT2D eigenvalue weighted by Gasteiger charge is 2.25. The number of aromatic nitrogens is 4. The number of anilines is 3. The summed E-state index contributed by atoms with van der Waals surface area (Å²) < 4.78 is 16.5. The van der Waals surface area contributed by atoms with Crippen LogP contribution in [-0.4, -0.2) is 83.4 Å². The minimum absolute atomic E-state index is 0.0900. The van der Waals surface area contributed by atoms with Crippen LogP contribution in [0.1, 0.15) is 31.2 Å². The third-order valence-electron chi connectivity index (χ3n) is 6.51. The number of ether oxygens (including phenoxy) is 3. The van der Waals surface area contributed by atoms with Gasteiger partial charge in [0.1, 0.15) is 11.3 Å². The van der Waals surface area contributed by atoms with Crippen LogP contribution >= 0.6 is 0 Å². The van der Waals surface area contributed by atoms with Crippen molar-refractivity contribution in [3.63, 3.8) is 0 Å². The van der Waals surface area contributed by atoms with Crippen molar-refractivity contribution in [2.45, 2.75) is 31.7 Å². The summed E-state index contributed by atoms with van der Waals surface area (Å²) in [6, 6.07) is 5.99. The maximum Gasteiger partial charge on any atom is 0.231 e. The number of rotatable bonds is 7. The molecule has 35 heavy (non-hydrogen) atoms. The molecular weight excluding hydrogens is 450 g/mol.